The predicted molar refractivity (Wildman–Crippen MR) is 91.4 cm³/mol. The zero-order valence-corrected chi connectivity index (χ0v) is 15.5. The fourth-order valence-electron chi connectivity index (χ4n) is 2.18. The molecule has 0 bridgehead atoms. The van der Waals surface area contributed by atoms with Crippen molar-refractivity contribution in [2.24, 2.45) is 0 Å². The topological polar surface area (TPSA) is 39.1 Å². The van der Waals surface area contributed by atoms with E-state index in [1.165, 1.54) is 10.4 Å². The second-order valence-electron chi connectivity index (χ2n) is 4.69. The first-order valence-electron chi connectivity index (χ1n) is 6.77. The Morgan fingerprint density at radius 3 is 2.90 bits per heavy atom. The van der Waals surface area contributed by atoms with Gasteiger partial charge in [-0.15, -0.1) is 11.3 Å². The molecule has 0 aromatic carbocycles. The average molecular weight is 393 g/mol. The van der Waals surface area contributed by atoms with Gasteiger partial charge in [-0.2, -0.15) is 5.10 Å². The summed E-state index contributed by atoms with van der Waals surface area (Å²) >= 11 is 11.7. The molecule has 7 heteroatoms. The molecule has 2 rings (SSSR count). The van der Waals surface area contributed by atoms with Crippen molar-refractivity contribution < 1.29 is 4.74 Å². The van der Waals surface area contributed by atoms with E-state index < -0.39 is 0 Å². The molecule has 1 N–H and O–H groups in total. The second kappa shape index (κ2) is 7.74. The Morgan fingerprint density at radius 2 is 2.33 bits per heavy atom. The number of thiophene rings is 1. The van der Waals surface area contributed by atoms with E-state index in [1.54, 1.807) is 24.6 Å². The Bertz CT molecular complexity index is 580. The maximum Gasteiger partial charge on any atom is 0.0857 e. The molecule has 0 aliphatic carbocycles. The molecule has 0 saturated heterocycles. The summed E-state index contributed by atoms with van der Waals surface area (Å²) in [5.41, 5.74) is 2.22. The van der Waals surface area contributed by atoms with Crippen LogP contribution in [0.25, 0.3) is 0 Å². The molecule has 0 aliphatic rings. The van der Waals surface area contributed by atoms with E-state index in [4.69, 9.17) is 16.3 Å². The summed E-state index contributed by atoms with van der Waals surface area (Å²) in [6.07, 6.45) is 1.70. The molecule has 0 radical (unpaired) electrons. The maximum atomic E-state index is 6.38. The van der Waals surface area contributed by atoms with E-state index in [2.05, 4.69) is 46.3 Å². The predicted octanol–water partition coefficient (Wildman–Crippen LogP) is 4.01. The van der Waals surface area contributed by atoms with Crippen LogP contribution in [-0.4, -0.2) is 30.0 Å². The summed E-state index contributed by atoms with van der Waals surface area (Å²) in [6.45, 7) is 6.33. The third-order valence-corrected chi connectivity index (χ3v) is 5.68. The first-order chi connectivity index (χ1) is 10.1. The molecule has 4 nitrogen and oxygen atoms in total. The van der Waals surface area contributed by atoms with Crippen molar-refractivity contribution in [3.05, 3.63) is 37.2 Å². The number of hydrogen-bond donors (Lipinski definition) is 1. The molecule has 2 heterocycles. The minimum Gasteiger partial charge on any atom is -0.383 e. The van der Waals surface area contributed by atoms with Crippen molar-refractivity contribution in [2.75, 3.05) is 20.3 Å². The molecule has 21 heavy (non-hydrogen) atoms. The van der Waals surface area contributed by atoms with Crippen LogP contribution in [0.2, 0.25) is 5.02 Å². The molecule has 0 aliphatic heterocycles. The van der Waals surface area contributed by atoms with Gasteiger partial charge in [0, 0.05) is 12.0 Å². The van der Waals surface area contributed by atoms with Gasteiger partial charge in [0.1, 0.15) is 0 Å². The largest absolute Gasteiger partial charge is 0.383 e. The van der Waals surface area contributed by atoms with Gasteiger partial charge < -0.3 is 10.1 Å². The van der Waals surface area contributed by atoms with Crippen LogP contribution in [0.1, 0.15) is 29.1 Å². The first kappa shape index (κ1) is 17.0. The molecular formula is C14H19BrClN3OS. The normalized spacial score (nSPS) is 12.8. The highest BCUT2D eigenvalue weighted by atomic mass is 79.9. The van der Waals surface area contributed by atoms with E-state index in [-0.39, 0.29) is 6.04 Å². The summed E-state index contributed by atoms with van der Waals surface area (Å²) < 4.78 is 8.22. The van der Waals surface area contributed by atoms with Crippen LogP contribution in [0.5, 0.6) is 0 Å². The monoisotopic (exact) mass is 391 g/mol. The van der Waals surface area contributed by atoms with Gasteiger partial charge in [0.05, 0.1) is 39.9 Å². The molecule has 0 fully saturated rings. The molecule has 2 aromatic rings. The number of nitrogens with one attached hydrogen (secondary N) is 1. The molecule has 116 valence electrons. The van der Waals surface area contributed by atoms with Crippen molar-refractivity contribution in [1.82, 2.24) is 15.1 Å². The summed E-state index contributed by atoms with van der Waals surface area (Å²) in [6, 6.07) is 2.23. The lowest BCUT2D eigenvalue weighted by atomic mass is 10.1. The van der Waals surface area contributed by atoms with Crippen molar-refractivity contribution in [3.8, 4) is 0 Å². The minimum absolute atomic E-state index is 0.0388. The molecule has 2 aromatic heterocycles. The lowest BCUT2D eigenvalue weighted by Gasteiger charge is -2.19. The number of ether oxygens (including phenoxy) is 1. The van der Waals surface area contributed by atoms with Crippen LogP contribution >= 0.6 is 38.9 Å². The number of hydrogen-bond acceptors (Lipinski definition) is 4. The zero-order chi connectivity index (χ0) is 15.4. The number of nitrogens with zero attached hydrogens (tertiary/aromatic N) is 2. The number of aryl methyl sites for hydroxylation is 1. The van der Waals surface area contributed by atoms with Crippen LogP contribution in [0.3, 0.4) is 0 Å². The summed E-state index contributed by atoms with van der Waals surface area (Å²) in [7, 11) is 1.69. The smallest absolute Gasteiger partial charge is 0.0857 e. The Hall–Kier alpha value is -0.400. The van der Waals surface area contributed by atoms with Crippen LogP contribution < -0.4 is 5.32 Å². The lowest BCUT2D eigenvalue weighted by Crippen LogP contribution is -2.25. The van der Waals surface area contributed by atoms with E-state index in [9.17, 15) is 0 Å². The van der Waals surface area contributed by atoms with Crippen LogP contribution in [-0.2, 0) is 11.3 Å². The molecule has 0 saturated carbocycles. The van der Waals surface area contributed by atoms with Crippen LogP contribution in [0.15, 0.2) is 16.0 Å². The lowest BCUT2D eigenvalue weighted by molar-refractivity contribution is 0.182. The molecule has 0 amide bonds. The third-order valence-electron chi connectivity index (χ3n) is 3.18. The highest BCUT2D eigenvalue weighted by molar-refractivity contribution is 9.11. The van der Waals surface area contributed by atoms with Gasteiger partial charge in [-0.05, 0) is 41.0 Å². The summed E-state index contributed by atoms with van der Waals surface area (Å²) in [5, 5.41) is 8.55. The van der Waals surface area contributed by atoms with Gasteiger partial charge in [0.15, 0.2) is 0 Å². The zero-order valence-electron chi connectivity index (χ0n) is 12.3. The number of methoxy groups -OCH3 is 1. The summed E-state index contributed by atoms with van der Waals surface area (Å²) in [4.78, 5) is 1.22. The average Bonchev–Trinajstić information content (AvgIpc) is 2.98. The SMILES string of the molecule is CCNC(c1cc(C)c(Br)s1)c1c(Cl)cnn1CCOC. The Kier molecular flexibility index (Phi) is 6.25. The van der Waals surface area contributed by atoms with Crippen molar-refractivity contribution >= 4 is 38.9 Å². The summed E-state index contributed by atoms with van der Waals surface area (Å²) in [5.74, 6) is 0. The highest BCUT2D eigenvalue weighted by Crippen LogP contribution is 2.36. The maximum absolute atomic E-state index is 6.38. The van der Waals surface area contributed by atoms with E-state index >= 15 is 0 Å². The van der Waals surface area contributed by atoms with Gasteiger partial charge >= 0.3 is 0 Å². The van der Waals surface area contributed by atoms with E-state index in [0.29, 0.717) is 18.2 Å². The van der Waals surface area contributed by atoms with Crippen molar-refractivity contribution in [3.63, 3.8) is 0 Å². The quantitative estimate of drug-likeness (QED) is 0.773. The minimum atomic E-state index is 0.0388. The molecule has 1 unspecified atom stereocenters. The van der Waals surface area contributed by atoms with Gasteiger partial charge in [-0.3, -0.25) is 4.68 Å². The Labute approximate surface area is 142 Å². The Morgan fingerprint density at radius 1 is 1.57 bits per heavy atom. The first-order valence-corrected chi connectivity index (χ1v) is 8.76. The van der Waals surface area contributed by atoms with Crippen molar-refractivity contribution in [2.45, 2.75) is 26.4 Å². The van der Waals surface area contributed by atoms with Crippen LogP contribution in [0.4, 0.5) is 0 Å². The number of aromatic nitrogens is 2. The van der Waals surface area contributed by atoms with Gasteiger partial charge in [0.2, 0.25) is 0 Å². The van der Waals surface area contributed by atoms with Crippen molar-refractivity contribution in [1.29, 1.82) is 0 Å². The standard InChI is InChI=1S/C14H19BrClN3OS/c1-4-17-12(11-7-9(2)14(15)21-11)13-10(16)8-18-19(13)5-6-20-3/h7-8,12,17H,4-6H2,1-3H3. The van der Waals surface area contributed by atoms with E-state index in [0.717, 1.165) is 16.0 Å². The third kappa shape index (κ3) is 3.87. The van der Waals surface area contributed by atoms with Crippen LogP contribution in [0, 0.1) is 6.92 Å². The highest BCUT2D eigenvalue weighted by Gasteiger charge is 2.23. The van der Waals surface area contributed by atoms with Gasteiger partial charge in [0.25, 0.3) is 0 Å². The van der Waals surface area contributed by atoms with Gasteiger partial charge in [-0.25, -0.2) is 0 Å². The molecule has 1 atom stereocenters. The molecule has 0 spiro atoms. The fraction of sp³-hybridized carbons (Fsp3) is 0.500. The molecular weight excluding hydrogens is 374 g/mol. The second-order valence-corrected chi connectivity index (χ2v) is 7.50. The number of halogens is 2. The Balaban J connectivity index is 2.40. The fourth-order valence-corrected chi connectivity index (χ4v) is 4.08. The van der Waals surface area contributed by atoms with Gasteiger partial charge in [-0.1, -0.05) is 18.5 Å². The number of rotatable bonds is 7. The van der Waals surface area contributed by atoms with E-state index in [1.807, 2.05) is 4.68 Å².